The average molecular weight is 275 g/mol. The molecule has 1 aromatic rings. The monoisotopic (exact) mass is 274 g/mol. The number of carbonyl (C=O) groups is 1. The molecule has 0 bridgehead atoms. The van der Waals surface area contributed by atoms with Crippen LogP contribution in [0.4, 0.5) is 0 Å². The summed E-state index contributed by atoms with van der Waals surface area (Å²) in [5.74, 6) is 0.379. The Morgan fingerprint density at radius 1 is 1.41 bits per heavy atom. The van der Waals surface area contributed by atoms with Crippen molar-refractivity contribution in [3.8, 4) is 0 Å². The molecular weight excluding hydrogens is 259 g/mol. The summed E-state index contributed by atoms with van der Waals surface area (Å²) in [5.41, 5.74) is 0.786. The first-order valence-corrected chi connectivity index (χ1v) is 6.23. The molecule has 0 amide bonds. The van der Waals surface area contributed by atoms with Crippen LogP contribution < -0.4 is 0 Å². The smallest absolute Gasteiger partial charge is 0.137 e. The van der Waals surface area contributed by atoms with Crippen LogP contribution in [0, 0.1) is 5.92 Å². The van der Waals surface area contributed by atoms with Crippen LogP contribution >= 0.6 is 23.2 Å². The molecule has 1 unspecified atom stereocenters. The van der Waals surface area contributed by atoms with E-state index in [-0.39, 0.29) is 11.7 Å². The second kappa shape index (κ2) is 7.00. The molecule has 1 atom stereocenters. The molecule has 0 spiro atoms. The third kappa shape index (κ3) is 5.07. The predicted octanol–water partition coefficient (Wildman–Crippen LogP) is 3.78. The van der Waals surface area contributed by atoms with Crippen LogP contribution in [-0.2, 0) is 16.0 Å². The van der Waals surface area contributed by atoms with Crippen LogP contribution in [0.2, 0.25) is 10.0 Å². The molecule has 0 radical (unpaired) electrons. The van der Waals surface area contributed by atoms with Gasteiger partial charge >= 0.3 is 0 Å². The molecule has 0 aliphatic carbocycles. The van der Waals surface area contributed by atoms with Crippen molar-refractivity contribution in [2.75, 3.05) is 13.7 Å². The summed E-state index contributed by atoms with van der Waals surface area (Å²) in [4.78, 5) is 11.8. The molecule has 94 valence electrons. The van der Waals surface area contributed by atoms with Crippen LogP contribution in [0.25, 0.3) is 0 Å². The van der Waals surface area contributed by atoms with Gasteiger partial charge in [0, 0.05) is 36.6 Å². The number of methoxy groups -OCH3 is 1. The largest absolute Gasteiger partial charge is 0.384 e. The van der Waals surface area contributed by atoms with Crippen molar-refractivity contribution in [1.29, 1.82) is 0 Å². The van der Waals surface area contributed by atoms with Crippen molar-refractivity contribution < 1.29 is 9.53 Å². The third-order valence-corrected chi connectivity index (χ3v) is 3.03. The molecule has 0 heterocycles. The minimum Gasteiger partial charge on any atom is -0.384 e. The zero-order valence-corrected chi connectivity index (χ0v) is 11.5. The van der Waals surface area contributed by atoms with Gasteiger partial charge in [-0.15, -0.1) is 0 Å². The van der Waals surface area contributed by atoms with Crippen molar-refractivity contribution in [2.24, 2.45) is 5.92 Å². The van der Waals surface area contributed by atoms with Crippen LogP contribution in [0.3, 0.4) is 0 Å². The number of ether oxygens (including phenoxy) is 1. The minimum atomic E-state index is 0.152. The first kappa shape index (κ1) is 14.5. The normalized spacial score (nSPS) is 12.5. The lowest BCUT2D eigenvalue weighted by molar-refractivity contribution is -0.119. The van der Waals surface area contributed by atoms with E-state index in [1.807, 2.05) is 6.92 Å². The maximum Gasteiger partial charge on any atom is 0.137 e. The topological polar surface area (TPSA) is 26.3 Å². The molecule has 0 saturated carbocycles. The van der Waals surface area contributed by atoms with Gasteiger partial charge in [-0.2, -0.15) is 0 Å². The van der Waals surface area contributed by atoms with Crippen LogP contribution in [0.15, 0.2) is 18.2 Å². The van der Waals surface area contributed by atoms with E-state index in [0.29, 0.717) is 29.5 Å². The molecule has 0 N–H and O–H groups in total. The van der Waals surface area contributed by atoms with Gasteiger partial charge in [0.1, 0.15) is 5.78 Å². The molecule has 0 aliphatic rings. The second-order valence-electron chi connectivity index (χ2n) is 4.22. The standard InChI is InChI=1S/C13H16Cl2O2/c1-9(8-17-2)5-12(16)7-10-6-11(14)3-4-13(10)15/h3-4,6,9H,5,7-8H2,1-2H3. The molecule has 17 heavy (non-hydrogen) atoms. The number of Topliss-reactive ketones (excluding diaryl/α,β-unsaturated/α-hetero) is 1. The average Bonchev–Trinajstić information content (AvgIpc) is 2.23. The fourth-order valence-electron chi connectivity index (χ4n) is 1.70. The van der Waals surface area contributed by atoms with E-state index in [9.17, 15) is 4.79 Å². The Kier molecular flexibility index (Phi) is 5.96. The van der Waals surface area contributed by atoms with Gasteiger partial charge in [0.05, 0.1) is 0 Å². The fraction of sp³-hybridized carbons (Fsp3) is 0.462. The lowest BCUT2D eigenvalue weighted by Gasteiger charge is -2.09. The lowest BCUT2D eigenvalue weighted by Crippen LogP contribution is -2.12. The Labute approximate surface area is 112 Å². The molecule has 1 aromatic carbocycles. The zero-order valence-electron chi connectivity index (χ0n) is 10.0. The maximum absolute atomic E-state index is 11.8. The highest BCUT2D eigenvalue weighted by atomic mass is 35.5. The molecule has 0 fully saturated rings. The summed E-state index contributed by atoms with van der Waals surface area (Å²) in [5, 5.41) is 1.18. The van der Waals surface area contributed by atoms with E-state index in [2.05, 4.69) is 0 Å². The number of benzene rings is 1. The first-order chi connectivity index (χ1) is 8.02. The number of hydrogen-bond acceptors (Lipinski definition) is 2. The van der Waals surface area contributed by atoms with E-state index in [1.54, 1.807) is 25.3 Å². The van der Waals surface area contributed by atoms with E-state index in [4.69, 9.17) is 27.9 Å². The van der Waals surface area contributed by atoms with Gasteiger partial charge in [-0.1, -0.05) is 30.1 Å². The number of carbonyl (C=O) groups excluding carboxylic acids is 1. The Bertz CT molecular complexity index is 391. The number of rotatable bonds is 6. The quantitative estimate of drug-likeness (QED) is 0.789. The van der Waals surface area contributed by atoms with Crippen molar-refractivity contribution in [1.82, 2.24) is 0 Å². The minimum absolute atomic E-state index is 0.152. The second-order valence-corrected chi connectivity index (χ2v) is 5.06. The summed E-state index contributed by atoms with van der Waals surface area (Å²) in [6.07, 6.45) is 0.824. The SMILES string of the molecule is COCC(C)CC(=O)Cc1cc(Cl)ccc1Cl. The molecular formula is C13H16Cl2O2. The molecule has 2 nitrogen and oxygen atoms in total. The molecule has 0 aliphatic heterocycles. The number of hydrogen-bond donors (Lipinski definition) is 0. The Morgan fingerprint density at radius 3 is 2.76 bits per heavy atom. The number of halogens is 2. The zero-order chi connectivity index (χ0) is 12.8. The third-order valence-electron chi connectivity index (χ3n) is 2.42. The lowest BCUT2D eigenvalue weighted by atomic mass is 10.0. The Morgan fingerprint density at radius 2 is 2.12 bits per heavy atom. The Balaban J connectivity index is 2.58. The summed E-state index contributed by atoms with van der Waals surface area (Å²) < 4.78 is 5.00. The molecule has 1 rings (SSSR count). The molecule has 0 aromatic heterocycles. The van der Waals surface area contributed by atoms with Gasteiger partial charge in [0.25, 0.3) is 0 Å². The van der Waals surface area contributed by atoms with Crippen molar-refractivity contribution in [3.63, 3.8) is 0 Å². The van der Waals surface area contributed by atoms with Crippen molar-refractivity contribution >= 4 is 29.0 Å². The van der Waals surface area contributed by atoms with E-state index in [0.717, 1.165) is 5.56 Å². The van der Waals surface area contributed by atoms with Crippen molar-refractivity contribution in [2.45, 2.75) is 19.8 Å². The van der Waals surface area contributed by atoms with E-state index < -0.39 is 0 Å². The fourth-order valence-corrected chi connectivity index (χ4v) is 2.07. The highest BCUT2D eigenvalue weighted by molar-refractivity contribution is 6.33. The first-order valence-electron chi connectivity index (χ1n) is 5.47. The Hall–Kier alpha value is -0.570. The van der Waals surface area contributed by atoms with E-state index >= 15 is 0 Å². The summed E-state index contributed by atoms with van der Waals surface area (Å²) >= 11 is 11.9. The highest BCUT2D eigenvalue weighted by Crippen LogP contribution is 2.22. The predicted molar refractivity (Wildman–Crippen MR) is 70.8 cm³/mol. The van der Waals surface area contributed by atoms with Crippen LogP contribution in [0.1, 0.15) is 18.9 Å². The summed E-state index contributed by atoms with van der Waals surface area (Å²) in [6, 6.07) is 5.17. The summed E-state index contributed by atoms with van der Waals surface area (Å²) in [6.45, 7) is 2.58. The van der Waals surface area contributed by atoms with Gasteiger partial charge in [-0.3, -0.25) is 4.79 Å². The van der Waals surface area contributed by atoms with Gasteiger partial charge in [-0.05, 0) is 29.7 Å². The van der Waals surface area contributed by atoms with Crippen LogP contribution in [-0.4, -0.2) is 19.5 Å². The van der Waals surface area contributed by atoms with Gasteiger partial charge in [-0.25, -0.2) is 0 Å². The number of ketones is 1. The highest BCUT2D eigenvalue weighted by Gasteiger charge is 2.12. The van der Waals surface area contributed by atoms with E-state index in [1.165, 1.54) is 0 Å². The van der Waals surface area contributed by atoms with Gasteiger partial charge in [0.15, 0.2) is 0 Å². The molecule has 4 heteroatoms. The van der Waals surface area contributed by atoms with Crippen LogP contribution in [0.5, 0.6) is 0 Å². The van der Waals surface area contributed by atoms with Gasteiger partial charge in [0.2, 0.25) is 0 Å². The molecule has 0 saturated heterocycles. The maximum atomic E-state index is 11.8. The van der Waals surface area contributed by atoms with Crippen molar-refractivity contribution in [3.05, 3.63) is 33.8 Å². The van der Waals surface area contributed by atoms with Gasteiger partial charge < -0.3 is 4.74 Å². The summed E-state index contributed by atoms with van der Waals surface area (Å²) in [7, 11) is 1.63.